The van der Waals surface area contributed by atoms with Gasteiger partial charge in [0.25, 0.3) is 0 Å². The topological polar surface area (TPSA) is 93.7 Å². The molecule has 2 amide bonds. The van der Waals surface area contributed by atoms with Crippen LogP contribution in [0.4, 0.5) is 4.79 Å². The number of hydrogen-bond donors (Lipinski definition) is 2. The van der Waals surface area contributed by atoms with Crippen molar-refractivity contribution in [3.63, 3.8) is 0 Å². The van der Waals surface area contributed by atoms with Gasteiger partial charge in [-0.1, -0.05) is 26.7 Å². The van der Waals surface area contributed by atoms with E-state index < -0.39 is 17.7 Å². The first-order chi connectivity index (χ1) is 12.5. The van der Waals surface area contributed by atoms with Gasteiger partial charge in [0, 0.05) is 6.04 Å². The molecule has 0 aromatic carbocycles. The summed E-state index contributed by atoms with van der Waals surface area (Å²) in [5, 5.41) is 5.72. The number of hydrogen-bond acceptors (Lipinski definition) is 5. The molecule has 0 aromatic heterocycles. The van der Waals surface area contributed by atoms with E-state index in [0.29, 0.717) is 13.0 Å². The molecule has 0 aromatic rings. The SMILES string of the molecule is CCOC(=O)C[C@H]1CCCC[C@@H]1NC(=O)[C@@H](NC(=O)OC(C)(C)C)C(C)C. The number of amides is 2. The molecule has 27 heavy (non-hydrogen) atoms. The van der Waals surface area contributed by atoms with Crippen molar-refractivity contribution >= 4 is 18.0 Å². The minimum absolute atomic E-state index is 0.0658. The van der Waals surface area contributed by atoms with Gasteiger partial charge in [0.15, 0.2) is 0 Å². The zero-order valence-corrected chi connectivity index (χ0v) is 17.6. The zero-order valence-electron chi connectivity index (χ0n) is 17.6. The summed E-state index contributed by atoms with van der Waals surface area (Å²) in [6.45, 7) is 11.2. The van der Waals surface area contributed by atoms with Crippen molar-refractivity contribution in [2.45, 2.75) is 91.3 Å². The predicted octanol–water partition coefficient (Wildman–Crippen LogP) is 3.16. The first kappa shape index (κ1) is 23.2. The highest BCUT2D eigenvalue weighted by Crippen LogP contribution is 2.27. The van der Waals surface area contributed by atoms with Crippen LogP contribution in [0.1, 0.15) is 73.6 Å². The van der Waals surface area contributed by atoms with Gasteiger partial charge in [-0.3, -0.25) is 9.59 Å². The second-order valence-electron chi connectivity index (χ2n) is 8.54. The Labute approximate surface area is 162 Å². The molecule has 0 spiro atoms. The van der Waals surface area contributed by atoms with Crippen LogP contribution in [0.2, 0.25) is 0 Å². The fourth-order valence-corrected chi connectivity index (χ4v) is 3.32. The number of nitrogens with one attached hydrogen (secondary N) is 2. The average Bonchev–Trinajstić information content (AvgIpc) is 2.52. The van der Waals surface area contributed by atoms with E-state index >= 15 is 0 Å². The average molecular weight is 385 g/mol. The van der Waals surface area contributed by atoms with Gasteiger partial charge in [0.2, 0.25) is 5.91 Å². The molecule has 2 N–H and O–H groups in total. The van der Waals surface area contributed by atoms with E-state index in [0.717, 1.165) is 25.7 Å². The predicted molar refractivity (Wildman–Crippen MR) is 103 cm³/mol. The maximum atomic E-state index is 12.8. The molecule has 1 rings (SSSR count). The second kappa shape index (κ2) is 10.5. The van der Waals surface area contributed by atoms with Crippen molar-refractivity contribution in [3.05, 3.63) is 0 Å². The summed E-state index contributed by atoms with van der Waals surface area (Å²) in [7, 11) is 0. The van der Waals surface area contributed by atoms with Crippen LogP contribution in [0.15, 0.2) is 0 Å². The Kier molecular flexibility index (Phi) is 9.06. The van der Waals surface area contributed by atoms with Crippen molar-refractivity contribution < 1.29 is 23.9 Å². The smallest absolute Gasteiger partial charge is 0.408 e. The first-order valence-electron chi connectivity index (χ1n) is 9.99. The Morgan fingerprint density at radius 3 is 2.30 bits per heavy atom. The van der Waals surface area contributed by atoms with E-state index in [1.54, 1.807) is 27.7 Å². The molecular weight excluding hydrogens is 348 g/mol. The fraction of sp³-hybridized carbons (Fsp3) is 0.850. The van der Waals surface area contributed by atoms with Crippen LogP contribution in [-0.4, -0.2) is 42.3 Å². The quantitative estimate of drug-likeness (QED) is 0.658. The molecule has 1 fully saturated rings. The van der Waals surface area contributed by atoms with E-state index in [2.05, 4.69) is 10.6 Å². The third-order valence-electron chi connectivity index (χ3n) is 4.59. The van der Waals surface area contributed by atoms with Gasteiger partial charge < -0.3 is 20.1 Å². The lowest BCUT2D eigenvalue weighted by Gasteiger charge is -2.33. The van der Waals surface area contributed by atoms with Crippen LogP contribution in [0.5, 0.6) is 0 Å². The normalized spacial score (nSPS) is 21.3. The summed E-state index contributed by atoms with van der Waals surface area (Å²) in [5.74, 6) is -0.492. The Bertz CT molecular complexity index is 513. The van der Waals surface area contributed by atoms with Gasteiger partial charge in [-0.25, -0.2) is 4.79 Å². The lowest BCUT2D eigenvalue weighted by Crippen LogP contribution is -2.54. The van der Waals surface area contributed by atoms with E-state index in [1.165, 1.54) is 0 Å². The molecule has 7 nitrogen and oxygen atoms in total. The summed E-state index contributed by atoms with van der Waals surface area (Å²) in [4.78, 5) is 36.7. The Morgan fingerprint density at radius 1 is 1.11 bits per heavy atom. The largest absolute Gasteiger partial charge is 0.466 e. The van der Waals surface area contributed by atoms with Gasteiger partial charge >= 0.3 is 12.1 Å². The molecule has 1 saturated carbocycles. The van der Waals surface area contributed by atoms with E-state index in [4.69, 9.17) is 9.47 Å². The Balaban J connectivity index is 2.72. The fourth-order valence-electron chi connectivity index (χ4n) is 3.32. The summed E-state index contributed by atoms with van der Waals surface area (Å²) in [6, 6.07) is -0.776. The van der Waals surface area contributed by atoms with Crippen molar-refractivity contribution in [2.24, 2.45) is 11.8 Å². The van der Waals surface area contributed by atoms with Crippen LogP contribution < -0.4 is 10.6 Å². The van der Waals surface area contributed by atoms with Gasteiger partial charge in [-0.2, -0.15) is 0 Å². The highest BCUT2D eigenvalue weighted by Gasteiger charge is 2.33. The summed E-state index contributed by atoms with van der Waals surface area (Å²) in [6.07, 6.45) is 3.46. The van der Waals surface area contributed by atoms with Crippen LogP contribution >= 0.6 is 0 Å². The van der Waals surface area contributed by atoms with Crippen molar-refractivity contribution in [3.8, 4) is 0 Å². The number of carbonyl (C=O) groups excluding carboxylic acids is 3. The van der Waals surface area contributed by atoms with Crippen LogP contribution in [0.25, 0.3) is 0 Å². The van der Waals surface area contributed by atoms with Crippen molar-refractivity contribution in [1.29, 1.82) is 0 Å². The molecule has 0 radical (unpaired) electrons. The molecule has 7 heteroatoms. The van der Waals surface area contributed by atoms with Crippen LogP contribution in [0, 0.1) is 11.8 Å². The molecule has 0 saturated heterocycles. The molecule has 0 heterocycles. The summed E-state index contributed by atoms with van der Waals surface area (Å²) in [5.41, 5.74) is -0.629. The third kappa shape index (κ3) is 8.63. The third-order valence-corrected chi connectivity index (χ3v) is 4.59. The minimum atomic E-state index is -0.690. The van der Waals surface area contributed by atoms with Gasteiger partial charge in [0.05, 0.1) is 13.0 Å². The lowest BCUT2D eigenvalue weighted by molar-refractivity contribution is -0.145. The van der Waals surface area contributed by atoms with Crippen LogP contribution in [-0.2, 0) is 19.1 Å². The number of alkyl carbamates (subject to hydrolysis) is 1. The summed E-state index contributed by atoms with van der Waals surface area (Å²) >= 11 is 0. The highest BCUT2D eigenvalue weighted by atomic mass is 16.6. The number of rotatable bonds is 7. The van der Waals surface area contributed by atoms with E-state index in [-0.39, 0.29) is 29.8 Å². The molecule has 0 bridgehead atoms. The molecule has 156 valence electrons. The molecule has 1 aliphatic rings. The first-order valence-corrected chi connectivity index (χ1v) is 9.99. The van der Waals surface area contributed by atoms with E-state index in [9.17, 15) is 14.4 Å². The van der Waals surface area contributed by atoms with Crippen molar-refractivity contribution in [2.75, 3.05) is 6.61 Å². The standard InChI is InChI=1S/C20H36N2O5/c1-7-26-16(23)12-14-10-8-9-11-15(14)21-18(24)17(13(2)3)22-19(25)27-20(4,5)6/h13-15,17H,7-12H2,1-6H3,(H,21,24)(H,22,25)/t14-,15+,17+/m1/s1. The number of esters is 1. The zero-order chi connectivity index (χ0) is 20.6. The van der Waals surface area contributed by atoms with Gasteiger partial charge in [-0.15, -0.1) is 0 Å². The summed E-state index contributed by atoms with van der Waals surface area (Å²) < 4.78 is 10.3. The highest BCUT2D eigenvalue weighted by molar-refractivity contribution is 5.86. The Hall–Kier alpha value is -1.79. The van der Waals surface area contributed by atoms with Crippen LogP contribution in [0.3, 0.4) is 0 Å². The molecular formula is C20H36N2O5. The molecule has 0 unspecified atom stereocenters. The maximum absolute atomic E-state index is 12.8. The lowest BCUT2D eigenvalue weighted by atomic mass is 9.82. The molecule has 0 aliphatic heterocycles. The molecule has 3 atom stereocenters. The van der Waals surface area contributed by atoms with Crippen molar-refractivity contribution in [1.82, 2.24) is 10.6 Å². The second-order valence-corrected chi connectivity index (χ2v) is 8.54. The monoisotopic (exact) mass is 384 g/mol. The number of ether oxygens (including phenoxy) is 2. The minimum Gasteiger partial charge on any atom is -0.466 e. The Morgan fingerprint density at radius 2 is 1.74 bits per heavy atom. The maximum Gasteiger partial charge on any atom is 0.408 e. The van der Waals surface area contributed by atoms with Gasteiger partial charge in [-0.05, 0) is 52.4 Å². The molecule has 1 aliphatic carbocycles. The number of carbonyl (C=O) groups is 3. The van der Waals surface area contributed by atoms with E-state index in [1.807, 2.05) is 13.8 Å². The van der Waals surface area contributed by atoms with Gasteiger partial charge in [0.1, 0.15) is 11.6 Å².